The minimum absolute atomic E-state index is 0.238. The maximum atomic E-state index is 11.5. The Morgan fingerprint density at radius 2 is 2.21 bits per heavy atom. The minimum Gasteiger partial charge on any atom is -0.443 e. The summed E-state index contributed by atoms with van der Waals surface area (Å²) in [7, 11) is 1.54. The molecular formula is C13H8N4O2. The van der Waals surface area contributed by atoms with Gasteiger partial charge in [0.1, 0.15) is 17.3 Å². The van der Waals surface area contributed by atoms with E-state index >= 15 is 0 Å². The van der Waals surface area contributed by atoms with Gasteiger partial charge in [-0.1, -0.05) is 6.07 Å². The van der Waals surface area contributed by atoms with Gasteiger partial charge in [0.05, 0.1) is 5.56 Å². The highest BCUT2D eigenvalue weighted by molar-refractivity contribution is 5.80. The van der Waals surface area contributed by atoms with Gasteiger partial charge in [0, 0.05) is 18.7 Å². The van der Waals surface area contributed by atoms with E-state index in [1.54, 1.807) is 25.2 Å². The molecule has 0 spiro atoms. The summed E-state index contributed by atoms with van der Waals surface area (Å²) in [5.74, 6) is 0. The smallest absolute Gasteiger partial charge is 0.267 e. The Morgan fingerprint density at radius 3 is 3.00 bits per heavy atom. The van der Waals surface area contributed by atoms with Gasteiger partial charge in [0.15, 0.2) is 12.0 Å². The van der Waals surface area contributed by atoms with Crippen LogP contribution in [0.15, 0.2) is 39.9 Å². The molecule has 0 atom stereocenters. The van der Waals surface area contributed by atoms with E-state index in [9.17, 15) is 4.79 Å². The van der Waals surface area contributed by atoms with Crippen molar-refractivity contribution in [3.05, 3.63) is 46.6 Å². The number of aryl methyl sites for hydroxylation is 1. The summed E-state index contributed by atoms with van der Waals surface area (Å²) in [5, 5.41) is 13.2. The number of oxazole rings is 1. The minimum atomic E-state index is -0.318. The second-order valence-corrected chi connectivity index (χ2v) is 4.02. The predicted molar refractivity (Wildman–Crippen MR) is 67.2 cm³/mol. The van der Waals surface area contributed by atoms with Gasteiger partial charge in [-0.15, -0.1) is 0 Å². The number of fused-ring (bicyclic) bond motifs is 1. The Balaban J connectivity index is 2.28. The van der Waals surface area contributed by atoms with Crippen LogP contribution in [0.3, 0.4) is 0 Å². The molecule has 0 aliphatic heterocycles. The monoisotopic (exact) mass is 252 g/mol. The second kappa shape index (κ2) is 4.07. The molecular weight excluding hydrogens is 244 g/mol. The Bertz CT molecular complexity index is 870. The first-order valence-electron chi connectivity index (χ1n) is 5.51. The number of hydrogen-bond donors (Lipinski definition) is 0. The highest BCUT2D eigenvalue weighted by Gasteiger charge is 2.11. The van der Waals surface area contributed by atoms with Crippen LogP contribution in [0.4, 0.5) is 0 Å². The molecule has 2 aromatic heterocycles. The molecule has 6 nitrogen and oxygen atoms in total. The van der Waals surface area contributed by atoms with Crippen LogP contribution in [0.1, 0.15) is 5.56 Å². The fourth-order valence-corrected chi connectivity index (χ4v) is 1.84. The molecule has 0 radical (unpaired) electrons. The van der Waals surface area contributed by atoms with Gasteiger partial charge in [-0.3, -0.25) is 4.79 Å². The molecule has 6 heteroatoms. The summed E-state index contributed by atoms with van der Waals surface area (Å²) in [6.45, 7) is 0. The van der Waals surface area contributed by atoms with Crippen LogP contribution in [0, 0.1) is 11.3 Å². The van der Waals surface area contributed by atoms with Crippen LogP contribution in [0.25, 0.3) is 22.4 Å². The van der Waals surface area contributed by atoms with Crippen LogP contribution in [-0.4, -0.2) is 14.8 Å². The normalized spacial score (nSPS) is 10.5. The maximum Gasteiger partial charge on any atom is 0.267 e. The van der Waals surface area contributed by atoms with Crippen molar-refractivity contribution in [2.45, 2.75) is 0 Å². The molecule has 1 aromatic carbocycles. The largest absolute Gasteiger partial charge is 0.443 e. The van der Waals surface area contributed by atoms with E-state index in [2.05, 4.69) is 10.1 Å². The summed E-state index contributed by atoms with van der Waals surface area (Å²) in [6.07, 6.45) is 1.35. The molecule has 0 N–H and O–H groups in total. The zero-order valence-corrected chi connectivity index (χ0v) is 9.99. The SMILES string of the molecule is Cn1nc(-c2ccc3ncoc3c2)c(C#N)cc1=O. The molecule has 92 valence electrons. The first-order valence-corrected chi connectivity index (χ1v) is 5.51. The van der Waals surface area contributed by atoms with Crippen molar-refractivity contribution in [3.63, 3.8) is 0 Å². The van der Waals surface area contributed by atoms with Gasteiger partial charge in [-0.05, 0) is 12.1 Å². The Labute approximate surface area is 107 Å². The summed E-state index contributed by atoms with van der Waals surface area (Å²) >= 11 is 0. The van der Waals surface area contributed by atoms with Crippen molar-refractivity contribution in [1.29, 1.82) is 5.26 Å². The zero-order chi connectivity index (χ0) is 13.4. The molecule has 19 heavy (non-hydrogen) atoms. The van der Waals surface area contributed by atoms with Crippen LogP contribution in [0.5, 0.6) is 0 Å². The Morgan fingerprint density at radius 1 is 1.37 bits per heavy atom. The molecule has 0 saturated heterocycles. The van der Waals surface area contributed by atoms with Crippen molar-refractivity contribution in [3.8, 4) is 17.3 Å². The van der Waals surface area contributed by atoms with E-state index in [1.165, 1.54) is 17.1 Å². The summed E-state index contributed by atoms with van der Waals surface area (Å²) < 4.78 is 6.41. The molecule has 3 rings (SSSR count). The molecule has 0 aliphatic rings. The molecule has 3 aromatic rings. The molecule has 0 saturated carbocycles. The zero-order valence-electron chi connectivity index (χ0n) is 9.99. The summed E-state index contributed by atoms with van der Waals surface area (Å²) in [6, 6.07) is 8.57. The topological polar surface area (TPSA) is 84.7 Å². The quantitative estimate of drug-likeness (QED) is 0.654. The fraction of sp³-hybridized carbons (Fsp3) is 0.0769. The van der Waals surface area contributed by atoms with Gasteiger partial charge < -0.3 is 4.42 Å². The number of nitrogens with zero attached hydrogens (tertiary/aromatic N) is 4. The highest BCUT2D eigenvalue weighted by atomic mass is 16.3. The van der Waals surface area contributed by atoms with Crippen molar-refractivity contribution in [2.24, 2.45) is 7.05 Å². The molecule has 0 aliphatic carbocycles. The van der Waals surface area contributed by atoms with E-state index in [4.69, 9.17) is 9.68 Å². The summed E-state index contributed by atoms with van der Waals surface area (Å²) in [4.78, 5) is 15.5. The van der Waals surface area contributed by atoms with Gasteiger partial charge in [0.25, 0.3) is 5.56 Å². The van der Waals surface area contributed by atoms with E-state index in [-0.39, 0.29) is 11.1 Å². The van der Waals surface area contributed by atoms with E-state index < -0.39 is 0 Å². The average Bonchev–Trinajstić information content (AvgIpc) is 2.88. The fourth-order valence-electron chi connectivity index (χ4n) is 1.84. The van der Waals surface area contributed by atoms with Crippen LogP contribution in [-0.2, 0) is 7.05 Å². The number of benzene rings is 1. The predicted octanol–water partition coefficient (Wildman–Crippen LogP) is 1.46. The van der Waals surface area contributed by atoms with E-state index in [0.717, 1.165) is 5.52 Å². The highest BCUT2D eigenvalue weighted by Crippen LogP contribution is 2.23. The van der Waals surface area contributed by atoms with Gasteiger partial charge in [-0.2, -0.15) is 10.4 Å². The second-order valence-electron chi connectivity index (χ2n) is 4.02. The number of rotatable bonds is 1. The Kier molecular flexibility index (Phi) is 2.39. The number of aromatic nitrogens is 3. The van der Waals surface area contributed by atoms with Crippen molar-refractivity contribution < 1.29 is 4.42 Å². The molecule has 0 bridgehead atoms. The average molecular weight is 252 g/mol. The third-order valence-corrected chi connectivity index (χ3v) is 2.82. The molecule has 2 heterocycles. The Hall–Kier alpha value is -2.94. The third kappa shape index (κ3) is 1.77. The van der Waals surface area contributed by atoms with Crippen LogP contribution >= 0.6 is 0 Å². The third-order valence-electron chi connectivity index (χ3n) is 2.82. The van der Waals surface area contributed by atoms with E-state index in [1.807, 2.05) is 6.07 Å². The van der Waals surface area contributed by atoms with Crippen LogP contribution in [0.2, 0.25) is 0 Å². The van der Waals surface area contributed by atoms with E-state index in [0.29, 0.717) is 16.8 Å². The molecule has 0 amide bonds. The molecule has 0 fully saturated rings. The lowest BCUT2D eigenvalue weighted by Gasteiger charge is -2.04. The van der Waals surface area contributed by atoms with Gasteiger partial charge in [-0.25, -0.2) is 9.67 Å². The van der Waals surface area contributed by atoms with Crippen molar-refractivity contribution in [1.82, 2.24) is 14.8 Å². The lowest BCUT2D eigenvalue weighted by Crippen LogP contribution is -2.20. The van der Waals surface area contributed by atoms with Crippen LogP contribution < -0.4 is 5.56 Å². The number of hydrogen-bond acceptors (Lipinski definition) is 5. The first-order chi connectivity index (χ1) is 9.19. The van der Waals surface area contributed by atoms with Crippen molar-refractivity contribution >= 4 is 11.1 Å². The lowest BCUT2D eigenvalue weighted by molar-refractivity contribution is 0.602. The number of nitriles is 1. The van der Waals surface area contributed by atoms with Crippen molar-refractivity contribution in [2.75, 3.05) is 0 Å². The standard InChI is InChI=1S/C13H8N4O2/c1-17-12(18)5-9(6-14)13(16-17)8-2-3-10-11(4-8)19-7-15-10/h2-5,7H,1H3. The molecule has 0 unspecified atom stereocenters. The first kappa shape index (κ1) is 11.2. The maximum absolute atomic E-state index is 11.5. The van der Waals surface area contributed by atoms with Gasteiger partial charge in [0.2, 0.25) is 0 Å². The van der Waals surface area contributed by atoms with Gasteiger partial charge >= 0.3 is 0 Å². The lowest BCUT2D eigenvalue weighted by atomic mass is 10.1. The summed E-state index contributed by atoms with van der Waals surface area (Å²) in [5.41, 5.74) is 2.41.